The van der Waals surface area contributed by atoms with Gasteiger partial charge in [0.15, 0.2) is 11.6 Å². The van der Waals surface area contributed by atoms with Gasteiger partial charge >= 0.3 is 0 Å². The number of hydrogen-bond donors (Lipinski definition) is 1. The Hall–Kier alpha value is -0.570. The van der Waals surface area contributed by atoms with Crippen LogP contribution in [0.25, 0.3) is 0 Å². The molecule has 0 aromatic heterocycles. The summed E-state index contributed by atoms with van der Waals surface area (Å²) in [5.41, 5.74) is 0.519. The minimum atomic E-state index is -0.526. The van der Waals surface area contributed by atoms with Crippen LogP contribution in [0.15, 0.2) is 16.6 Å². The molecular formula is C8H8BrFO. The van der Waals surface area contributed by atoms with Crippen molar-refractivity contribution in [3.63, 3.8) is 0 Å². The van der Waals surface area contributed by atoms with E-state index >= 15 is 0 Å². The van der Waals surface area contributed by atoms with Crippen LogP contribution in [-0.4, -0.2) is 5.11 Å². The Morgan fingerprint density at radius 1 is 1.55 bits per heavy atom. The Kier molecular flexibility index (Phi) is 2.49. The van der Waals surface area contributed by atoms with Crippen molar-refractivity contribution < 1.29 is 9.50 Å². The molecule has 11 heavy (non-hydrogen) atoms. The fourth-order valence-corrected chi connectivity index (χ4v) is 1.50. The van der Waals surface area contributed by atoms with E-state index in [1.807, 2.05) is 6.92 Å². The lowest BCUT2D eigenvalue weighted by atomic mass is 10.1. The first kappa shape index (κ1) is 8.53. The molecule has 1 N–H and O–H groups in total. The fourth-order valence-electron chi connectivity index (χ4n) is 0.909. The summed E-state index contributed by atoms with van der Waals surface area (Å²) in [4.78, 5) is 0. The van der Waals surface area contributed by atoms with Crippen LogP contribution < -0.4 is 0 Å². The molecule has 1 rings (SSSR count). The van der Waals surface area contributed by atoms with Crippen molar-refractivity contribution in [3.8, 4) is 5.75 Å². The van der Waals surface area contributed by atoms with E-state index < -0.39 is 5.82 Å². The number of hydrogen-bond acceptors (Lipinski definition) is 1. The molecule has 0 saturated heterocycles. The fraction of sp³-hybridized carbons (Fsp3) is 0.250. The van der Waals surface area contributed by atoms with Crippen molar-refractivity contribution in [2.24, 2.45) is 0 Å². The molecule has 0 radical (unpaired) electrons. The highest BCUT2D eigenvalue weighted by Crippen LogP contribution is 2.26. The third-order valence-corrected chi connectivity index (χ3v) is 2.26. The number of aromatic hydroxyl groups is 1. The summed E-state index contributed by atoms with van der Waals surface area (Å²) in [7, 11) is 0. The molecule has 0 atom stereocenters. The van der Waals surface area contributed by atoms with Gasteiger partial charge < -0.3 is 5.11 Å². The Balaban J connectivity index is 3.29. The molecule has 0 unspecified atom stereocenters. The predicted octanol–water partition coefficient (Wildman–Crippen LogP) is 2.86. The lowest BCUT2D eigenvalue weighted by Crippen LogP contribution is -1.89. The molecule has 0 saturated carbocycles. The second-order valence-electron chi connectivity index (χ2n) is 2.21. The molecular weight excluding hydrogens is 211 g/mol. The Morgan fingerprint density at radius 2 is 2.18 bits per heavy atom. The lowest BCUT2D eigenvalue weighted by molar-refractivity contribution is 0.428. The zero-order chi connectivity index (χ0) is 8.43. The largest absolute Gasteiger partial charge is 0.505 e. The van der Waals surface area contributed by atoms with Gasteiger partial charge in [0, 0.05) is 10.0 Å². The van der Waals surface area contributed by atoms with Crippen LogP contribution >= 0.6 is 15.9 Å². The molecule has 0 aliphatic carbocycles. The monoisotopic (exact) mass is 218 g/mol. The van der Waals surface area contributed by atoms with E-state index in [0.29, 0.717) is 16.5 Å². The molecule has 1 nitrogen and oxygen atoms in total. The molecule has 60 valence electrons. The van der Waals surface area contributed by atoms with Crippen molar-refractivity contribution in [1.82, 2.24) is 0 Å². The van der Waals surface area contributed by atoms with E-state index in [0.717, 1.165) is 0 Å². The maximum Gasteiger partial charge on any atom is 0.169 e. The van der Waals surface area contributed by atoms with Crippen molar-refractivity contribution in [2.75, 3.05) is 0 Å². The van der Waals surface area contributed by atoms with Crippen LogP contribution in [0.1, 0.15) is 12.5 Å². The average Bonchev–Trinajstić information content (AvgIpc) is 1.99. The number of benzene rings is 1. The lowest BCUT2D eigenvalue weighted by Gasteiger charge is -2.03. The van der Waals surface area contributed by atoms with Crippen LogP contribution in [0.3, 0.4) is 0 Å². The van der Waals surface area contributed by atoms with Crippen molar-refractivity contribution >= 4 is 15.9 Å². The van der Waals surface area contributed by atoms with Crippen LogP contribution in [-0.2, 0) is 6.42 Å². The van der Waals surface area contributed by atoms with Gasteiger partial charge in [0.25, 0.3) is 0 Å². The number of rotatable bonds is 1. The van der Waals surface area contributed by atoms with Gasteiger partial charge in [-0.05, 0) is 18.6 Å². The van der Waals surface area contributed by atoms with Crippen LogP contribution in [0.5, 0.6) is 5.75 Å². The summed E-state index contributed by atoms with van der Waals surface area (Å²) in [6.07, 6.45) is 0.570. The topological polar surface area (TPSA) is 20.2 Å². The van der Waals surface area contributed by atoms with Crippen LogP contribution in [0, 0.1) is 5.82 Å². The molecule has 1 aromatic rings. The molecule has 0 aliphatic heterocycles. The minimum absolute atomic E-state index is 0.287. The van der Waals surface area contributed by atoms with E-state index in [1.165, 1.54) is 6.07 Å². The third-order valence-electron chi connectivity index (χ3n) is 1.52. The zero-order valence-corrected chi connectivity index (χ0v) is 7.65. The Labute approximate surface area is 73.0 Å². The first-order valence-electron chi connectivity index (χ1n) is 3.32. The minimum Gasteiger partial charge on any atom is -0.505 e. The first-order chi connectivity index (χ1) is 5.16. The predicted molar refractivity (Wildman–Crippen MR) is 45.1 cm³/mol. The van der Waals surface area contributed by atoms with E-state index in [-0.39, 0.29) is 5.75 Å². The molecule has 0 bridgehead atoms. The Bertz CT molecular complexity index is 273. The highest BCUT2D eigenvalue weighted by atomic mass is 79.9. The molecule has 0 fully saturated rings. The summed E-state index contributed by atoms with van der Waals surface area (Å²) in [5, 5.41) is 8.96. The molecule has 0 aliphatic rings. The smallest absolute Gasteiger partial charge is 0.169 e. The second kappa shape index (κ2) is 3.22. The third kappa shape index (κ3) is 1.53. The quantitative estimate of drug-likeness (QED) is 0.769. The molecule has 0 amide bonds. The number of phenols is 1. The maximum atomic E-state index is 13.0. The first-order valence-corrected chi connectivity index (χ1v) is 4.12. The molecule has 1 aromatic carbocycles. The molecule has 0 spiro atoms. The Morgan fingerprint density at radius 3 is 2.64 bits per heavy atom. The zero-order valence-electron chi connectivity index (χ0n) is 6.06. The van der Waals surface area contributed by atoms with Gasteiger partial charge in [-0.15, -0.1) is 0 Å². The highest BCUT2D eigenvalue weighted by molar-refractivity contribution is 9.10. The van der Waals surface area contributed by atoms with Gasteiger partial charge in [-0.2, -0.15) is 0 Å². The average molecular weight is 219 g/mol. The van der Waals surface area contributed by atoms with Gasteiger partial charge in [-0.25, -0.2) is 4.39 Å². The summed E-state index contributed by atoms with van der Waals surface area (Å²) in [6, 6.07) is 2.97. The van der Waals surface area contributed by atoms with Crippen molar-refractivity contribution in [1.29, 1.82) is 0 Å². The van der Waals surface area contributed by atoms with E-state index in [9.17, 15) is 4.39 Å². The van der Waals surface area contributed by atoms with Gasteiger partial charge in [0.05, 0.1) is 0 Å². The highest BCUT2D eigenvalue weighted by Gasteiger charge is 2.08. The normalized spacial score (nSPS) is 10.1. The summed E-state index contributed by atoms with van der Waals surface area (Å²) in [6.45, 7) is 1.84. The van der Waals surface area contributed by atoms with Gasteiger partial charge in [-0.3, -0.25) is 0 Å². The van der Waals surface area contributed by atoms with Gasteiger partial charge in [0.2, 0.25) is 0 Å². The standard InChI is InChI=1S/C8H8BrFO/c1-2-5-6(9)3-4-7(11)8(5)10/h3-4,11H,2H2,1H3. The van der Waals surface area contributed by atoms with Crippen LogP contribution in [0.2, 0.25) is 0 Å². The van der Waals surface area contributed by atoms with E-state index in [4.69, 9.17) is 5.11 Å². The molecule has 3 heteroatoms. The van der Waals surface area contributed by atoms with Crippen molar-refractivity contribution in [2.45, 2.75) is 13.3 Å². The van der Waals surface area contributed by atoms with Crippen LogP contribution in [0.4, 0.5) is 4.39 Å². The number of halogens is 2. The second-order valence-corrected chi connectivity index (χ2v) is 3.07. The summed E-state index contributed by atoms with van der Waals surface area (Å²) in [5.74, 6) is -0.813. The maximum absolute atomic E-state index is 13.0. The summed E-state index contributed by atoms with van der Waals surface area (Å²) < 4.78 is 13.7. The van der Waals surface area contributed by atoms with Gasteiger partial charge in [0.1, 0.15) is 0 Å². The molecule has 0 heterocycles. The summed E-state index contributed by atoms with van der Waals surface area (Å²) >= 11 is 3.19. The van der Waals surface area contributed by atoms with E-state index in [2.05, 4.69) is 15.9 Å². The van der Waals surface area contributed by atoms with Crippen molar-refractivity contribution in [3.05, 3.63) is 28.0 Å². The SMILES string of the molecule is CCc1c(Br)ccc(O)c1F. The van der Waals surface area contributed by atoms with E-state index in [1.54, 1.807) is 6.07 Å². The van der Waals surface area contributed by atoms with Gasteiger partial charge in [-0.1, -0.05) is 22.9 Å². The number of phenolic OH excluding ortho intramolecular Hbond substituents is 1.